The molecule has 0 aromatic rings. The molecule has 2 nitrogen and oxygen atoms in total. The molecule has 0 atom stereocenters. The average molecular weight is 455 g/mol. The first-order valence-corrected chi connectivity index (χ1v) is 10.3. The Morgan fingerprint density at radius 3 is 2.07 bits per heavy atom. The zero-order valence-electron chi connectivity index (χ0n) is 8.92. The first-order valence-electron chi connectivity index (χ1n) is 4.74. The summed E-state index contributed by atoms with van der Waals surface area (Å²) in [5.74, 6) is 0.627. The van der Waals surface area contributed by atoms with Crippen LogP contribution in [0.3, 0.4) is 0 Å². The molecule has 0 fully saturated rings. The zero-order valence-corrected chi connectivity index (χ0v) is 14.5. The van der Waals surface area contributed by atoms with Gasteiger partial charge in [-0.3, -0.25) is 0 Å². The van der Waals surface area contributed by atoms with Crippen LogP contribution in [0.5, 0.6) is 0 Å². The topological polar surface area (TPSA) is 34.1 Å². The van der Waals surface area contributed by atoms with Crippen LogP contribution in [0, 0.1) is 39.1 Å². The summed E-state index contributed by atoms with van der Waals surface area (Å²) in [6.07, 6.45) is 0. The third-order valence-corrected chi connectivity index (χ3v) is 13.6. The van der Waals surface area contributed by atoms with Crippen LogP contribution in [0.1, 0.15) is 27.7 Å². The van der Waals surface area contributed by atoms with Gasteiger partial charge in [0.25, 0.3) is 0 Å². The Morgan fingerprint density at radius 2 is 1.64 bits per heavy atom. The Kier molecular flexibility index (Phi) is 4.72. The molecule has 0 radical (unpaired) electrons. The van der Waals surface area contributed by atoms with Gasteiger partial charge in [-0.15, -0.1) is 0 Å². The monoisotopic (exact) mass is 455 g/mol. The van der Waals surface area contributed by atoms with E-state index in [-0.39, 0.29) is 0 Å². The molecule has 1 rings (SSSR count). The molecular formula is C10H14O2UV. The quantitative estimate of drug-likeness (QED) is 0.620. The van der Waals surface area contributed by atoms with Gasteiger partial charge in [0, 0.05) is 0 Å². The van der Waals surface area contributed by atoms with Gasteiger partial charge in [-0.05, 0) is 0 Å². The van der Waals surface area contributed by atoms with Crippen LogP contribution in [0.4, 0.5) is 0 Å². The molecule has 4 heteroatoms. The summed E-state index contributed by atoms with van der Waals surface area (Å²) in [7, 11) is 0. The Hall–Kier alpha value is 0.716. The van der Waals surface area contributed by atoms with Crippen LogP contribution >= 0.6 is 0 Å². The summed E-state index contributed by atoms with van der Waals surface area (Å²) >= 11 is -2.05. The fourth-order valence-corrected chi connectivity index (χ4v) is 10.7. The standard InChI is InChI=1S/2C5H7O.U.V/c2*1-5(2)3-4-6;;/h2*5H,1-2H3;;. The minimum absolute atomic E-state index is 0.302. The Balaban J connectivity index is 3.02. The van der Waals surface area contributed by atoms with Gasteiger partial charge in [-0.25, -0.2) is 0 Å². The van der Waals surface area contributed by atoms with Gasteiger partial charge in [-0.2, -0.15) is 0 Å². The fraction of sp³-hybridized carbons (Fsp3) is 0.600. The summed E-state index contributed by atoms with van der Waals surface area (Å²) in [5.41, 5.74) is 0. The number of hydrogen-bond acceptors (Lipinski definition) is 2. The van der Waals surface area contributed by atoms with Gasteiger partial charge in [0.15, 0.2) is 0 Å². The first kappa shape index (κ1) is 12.8. The van der Waals surface area contributed by atoms with Crippen LogP contribution in [-0.4, -0.2) is 14.1 Å². The minimum atomic E-state index is -1.58. The molecule has 1 heterocycles. The van der Waals surface area contributed by atoms with Crippen LogP contribution in [0.15, 0.2) is 0 Å². The molecular weight excluding hydrogens is 441 g/mol. The zero-order chi connectivity index (χ0) is 10.9. The molecule has 0 N–H and O–H groups in total. The second kappa shape index (κ2) is 5.17. The Bertz CT molecular complexity index is 306. The maximum atomic E-state index is 11.8. The molecule has 0 spiro atoms. The van der Waals surface area contributed by atoms with Gasteiger partial charge >= 0.3 is 106 Å². The second-order valence-corrected chi connectivity index (χ2v) is 10.9. The molecule has 0 unspecified atom stereocenters. The number of hydrogen-bond donors (Lipinski definition) is 0. The molecule has 0 bridgehead atoms. The van der Waals surface area contributed by atoms with E-state index in [9.17, 15) is 9.59 Å². The van der Waals surface area contributed by atoms with Crippen LogP contribution in [0.2, 0.25) is 0 Å². The maximum absolute atomic E-state index is 11.8. The van der Waals surface area contributed by atoms with E-state index in [0.717, 1.165) is 6.75 Å². The van der Waals surface area contributed by atoms with Crippen molar-refractivity contribution >= 4 is 14.1 Å². The van der Waals surface area contributed by atoms with Crippen molar-refractivity contribution in [3.05, 3.63) is 0 Å². The van der Waals surface area contributed by atoms with E-state index in [2.05, 4.69) is 0 Å². The second-order valence-electron chi connectivity index (χ2n) is 3.98. The van der Waals surface area contributed by atoms with E-state index >= 15 is 0 Å². The molecule has 1 aliphatic heterocycles. The molecule has 75 valence electrons. The van der Waals surface area contributed by atoms with Crippen molar-refractivity contribution in [1.29, 1.82) is 0 Å². The number of carbonyl (C=O) groups is 2. The summed E-state index contributed by atoms with van der Waals surface area (Å²) in [6.45, 7) is 8.14. The summed E-state index contributed by atoms with van der Waals surface area (Å²) in [4.78, 5) is 23.6. The van der Waals surface area contributed by atoms with Gasteiger partial charge < -0.3 is 0 Å². The molecule has 1 aliphatic rings. The van der Waals surface area contributed by atoms with Crippen molar-refractivity contribution in [2.24, 2.45) is 11.8 Å². The first-order chi connectivity index (χ1) is 6.43. The van der Waals surface area contributed by atoms with Crippen molar-refractivity contribution < 1.29 is 52.7 Å². The van der Waals surface area contributed by atoms with Crippen LogP contribution in [0.25, 0.3) is 0 Å². The molecule has 0 amide bonds. The molecule has 0 aromatic heterocycles. The number of rotatable bonds is 2. The summed E-state index contributed by atoms with van der Waals surface area (Å²) in [6, 6.07) is 0. The van der Waals surface area contributed by atoms with Gasteiger partial charge in [0.05, 0.1) is 0 Å². The van der Waals surface area contributed by atoms with Crippen LogP contribution in [-0.2, 0) is 25.4 Å². The van der Waals surface area contributed by atoms with Crippen molar-refractivity contribution in [3.63, 3.8) is 0 Å². The third-order valence-electron chi connectivity index (χ3n) is 2.06. The summed E-state index contributed by atoms with van der Waals surface area (Å²) in [5, 5.41) is 0. The van der Waals surface area contributed by atoms with Gasteiger partial charge in [0.2, 0.25) is 0 Å². The Labute approximate surface area is 105 Å². The Morgan fingerprint density at radius 1 is 1.07 bits per heavy atom. The molecule has 0 saturated heterocycles. The predicted octanol–water partition coefficient (Wildman–Crippen LogP) is 0.877. The molecule has 14 heavy (non-hydrogen) atoms. The van der Waals surface area contributed by atoms with E-state index in [4.69, 9.17) is 0 Å². The van der Waals surface area contributed by atoms with E-state index in [1.54, 1.807) is 0 Å². The van der Waals surface area contributed by atoms with Crippen molar-refractivity contribution in [2.75, 3.05) is 0 Å². The third kappa shape index (κ3) is 2.86. The summed E-state index contributed by atoms with van der Waals surface area (Å²) < 4.78 is 2.82. The normalized spacial score (nSPS) is 17.0. The van der Waals surface area contributed by atoms with Crippen molar-refractivity contribution in [2.45, 2.75) is 27.7 Å². The average Bonchev–Trinajstić information content (AvgIpc) is 2.07. The van der Waals surface area contributed by atoms with Gasteiger partial charge in [-0.1, -0.05) is 0 Å². The van der Waals surface area contributed by atoms with Crippen LogP contribution < -0.4 is 0 Å². The molecule has 0 aliphatic carbocycles. The molecule has 0 saturated carbocycles. The van der Waals surface area contributed by atoms with E-state index < -0.39 is 43.1 Å². The van der Waals surface area contributed by atoms with E-state index in [1.165, 1.54) is 0 Å². The van der Waals surface area contributed by atoms with E-state index in [0.29, 0.717) is 19.1 Å². The van der Waals surface area contributed by atoms with Crippen molar-refractivity contribution in [1.82, 2.24) is 0 Å². The van der Waals surface area contributed by atoms with Gasteiger partial charge in [0.1, 0.15) is 0 Å². The molecule has 0 aromatic carbocycles. The fourth-order valence-electron chi connectivity index (χ4n) is 1.24. The number of carbonyl (C=O) groups excluding carboxylic acids is 2. The van der Waals surface area contributed by atoms with E-state index in [1.807, 2.05) is 27.7 Å². The van der Waals surface area contributed by atoms with Crippen molar-refractivity contribution in [3.8, 4) is 0 Å². The predicted molar refractivity (Wildman–Crippen MR) is 49.7 cm³/mol. The SMILES string of the molecule is CC(C)[C]1=[V][C](=O)[C](C(C)C)=[U][C]1=O.